The predicted molar refractivity (Wildman–Crippen MR) is 140 cm³/mol. The second-order valence-electron chi connectivity index (χ2n) is 8.44. The summed E-state index contributed by atoms with van der Waals surface area (Å²) in [6.45, 7) is 13.1. The summed E-state index contributed by atoms with van der Waals surface area (Å²) in [5.41, 5.74) is 4.03. The quantitative estimate of drug-likeness (QED) is 0.278. The molecule has 2 heterocycles. The van der Waals surface area contributed by atoms with Crippen molar-refractivity contribution in [2.24, 2.45) is 0 Å². The number of pyridine rings is 1. The van der Waals surface area contributed by atoms with Crippen molar-refractivity contribution in [1.82, 2.24) is 4.98 Å². The Morgan fingerprint density at radius 1 is 0.944 bits per heavy atom. The minimum Gasteiger partial charge on any atom is -0.462 e. The lowest BCUT2D eigenvalue weighted by molar-refractivity contribution is -0.115. The van der Waals surface area contributed by atoms with E-state index in [0.29, 0.717) is 6.42 Å². The molecule has 0 aliphatic carbocycles. The van der Waals surface area contributed by atoms with E-state index in [0.717, 1.165) is 27.1 Å². The van der Waals surface area contributed by atoms with Crippen LogP contribution in [0.4, 0.5) is 5.88 Å². The number of rotatable bonds is 9. The smallest absolute Gasteiger partial charge is 0.344 e. The number of furan rings is 1. The van der Waals surface area contributed by atoms with Gasteiger partial charge >= 0.3 is 11.9 Å². The van der Waals surface area contributed by atoms with E-state index < -0.39 is 17.2 Å². The van der Waals surface area contributed by atoms with E-state index in [-0.39, 0.29) is 41.9 Å². The normalized spacial score (nSPS) is 11.9. The summed E-state index contributed by atoms with van der Waals surface area (Å²) in [6.07, 6.45) is 0.501. The van der Waals surface area contributed by atoms with Gasteiger partial charge in [0.05, 0.1) is 29.0 Å². The molecular formula is C27H32N2O6S. The highest BCUT2D eigenvalue weighted by molar-refractivity contribution is 8.00. The van der Waals surface area contributed by atoms with Gasteiger partial charge in [0.1, 0.15) is 16.9 Å². The van der Waals surface area contributed by atoms with E-state index in [9.17, 15) is 14.4 Å². The topological polar surface area (TPSA) is 108 Å². The highest BCUT2D eigenvalue weighted by atomic mass is 32.2. The number of fused-ring (bicyclic) bond motifs is 1. The first-order chi connectivity index (χ1) is 17.1. The number of nitrogens with one attached hydrogen (secondary N) is 1. The first-order valence-electron chi connectivity index (χ1n) is 11.9. The van der Waals surface area contributed by atoms with E-state index in [1.807, 2.05) is 26.8 Å². The molecule has 0 spiro atoms. The number of amides is 1. The summed E-state index contributed by atoms with van der Waals surface area (Å²) < 4.78 is 15.8. The molecular weight excluding hydrogens is 480 g/mol. The van der Waals surface area contributed by atoms with Gasteiger partial charge in [-0.25, -0.2) is 14.6 Å². The fourth-order valence-corrected chi connectivity index (χ4v) is 5.03. The van der Waals surface area contributed by atoms with E-state index in [4.69, 9.17) is 18.9 Å². The number of hydrogen-bond acceptors (Lipinski definition) is 8. The Hall–Kier alpha value is -3.33. The van der Waals surface area contributed by atoms with Gasteiger partial charge in [0.15, 0.2) is 0 Å². The van der Waals surface area contributed by atoms with Crippen LogP contribution < -0.4 is 5.32 Å². The molecule has 3 rings (SSSR count). The Morgan fingerprint density at radius 3 is 2.19 bits per heavy atom. The molecule has 0 aliphatic heterocycles. The SMILES string of the molecule is CCOC(=O)c1c(C)oc(NC(=O)C(CC)Sc2cc(C)c3cc(C)cc(C)c3n2)c1C(=O)OCC. The molecule has 36 heavy (non-hydrogen) atoms. The highest BCUT2D eigenvalue weighted by Crippen LogP contribution is 2.33. The number of carbonyl (C=O) groups is 3. The van der Waals surface area contributed by atoms with Crippen LogP contribution in [-0.2, 0) is 14.3 Å². The van der Waals surface area contributed by atoms with Crippen molar-refractivity contribution in [2.75, 3.05) is 18.5 Å². The van der Waals surface area contributed by atoms with Crippen molar-refractivity contribution >= 4 is 46.4 Å². The number of aromatic nitrogens is 1. The predicted octanol–water partition coefficient (Wildman–Crippen LogP) is 5.92. The number of aryl methyl sites for hydroxylation is 4. The third-order valence-corrected chi connectivity index (χ3v) is 6.92. The molecule has 0 aliphatic rings. The van der Waals surface area contributed by atoms with Crippen molar-refractivity contribution in [2.45, 2.75) is 65.2 Å². The fraction of sp³-hybridized carbons (Fsp3) is 0.407. The number of anilines is 1. The van der Waals surface area contributed by atoms with Crippen molar-refractivity contribution < 1.29 is 28.3 Å². The molecule has 1 amide bonds. The molecule has 8 nitrogen and oxygen atoms in total. The van der Waals surface area contributed by atoms with Gasteiger partial charge in [-0.05, 0) is 71.2 Å². The average Bonchev–Trinajstić information content (AvgIpc) is 3.14. The number of nitrogens with zero attached hydrogens (tertiary/aromatic N) is 1. The fourth-order valence-electron chi connectivity index (χ4n) is 4.01. The second-order valence-corrected chi connectivity index (χ2v) is 9.66. The van der Waals surface area contributed by atoms with Crippen molar-refractivity contribution in [3.05, 3.63) is 51.8 Å². The molecule has 0 saturated heterocycles. The number of hydrogen-bond donors (Lipinski definition) is 1. The first-order valence-corrected chi connectivity index (χ1v) is 12.8. The molecule has 1 atom stereocenters. The maximum Gasteiger partial charge on any atom is 0.344 e. The van der Waals surface area contributed by atoms with Gasteiger partial charge in [-0.2, -0.15) is 0 Å². The summed E-state index contributed by atoms with van der Waals surface area (Å²) in [7, 11) is 0. The van der Waals surface area contributed by atoms with Gasteiger partial charge in [-0.3, -0.25) is 10.1 Å². The standard InChI is InChI=1S/C27H32N2O6S/c1-8-19(36-20-13-15(5)18-12-14(4)11-16(6)23(18)28-20)24(30)29-25-22(27(32)34-10-3)21(17(7)35-25)26(31)33-9-2/h11-13,19H,8-10H2,1-7H3,(H,29,30). The van der Waals surface area contributed by atoms with Crippen molar-refractivity contribution in [3.63, 3.8) is 0 Å². The van der Waals surface area contributed by atoms with Crippen LogP contribution in [0.3, 0.4) is 0 Å². The van der Waals surface area contributed by atoms with Crippen LogP contribution in [0.15, 0.2) is 27.6 Å². The van der Waals surface area contributed by atoms with E-state index >= 15 is 0 Å². The molecule has 1 N–H and O–H groups in total. The lowest BCUT2D eigenvalue weighted by Gasteiger charge is -2.15. The maximum atomic E-state index is 13.3. The molecule has 0 fully saturated rings. The third kappa shape index (κ3) is 5.73. The van der Waals surface area contributed by atoms with Crippen molar-refractivity contribution in [3.8, 4) is 0 Å². The molecule has 0 saturated carbocycles. The van der Waals surface area contributed by atoms with E-state index in [1.165, 1.54) is 24.2 Å². The van der Waals surface area contributed by atoms with Crippen LogP contribution in [0.25, 0.3) is 10.9 Å². The second kappa shape index (κ2) is 11.6. The van der Waals surface area contributed by atoms with Crippen LogP contribution in [0.2, 0.25) is 0 Å². The number of ether oxygens (including phenoxy) is 2. The van der Waals surface area contributed by atoms with Gasteiger partial charge in [-0.1, -0.05) is 30.3 Å². The van der Waals surface area contributed by atoms with Crippen LogP contribution in [-0.4, -0.2) is 41.3 Å². The highest BCUT2D eigenvalue weighted by Gasteiger charge is 2.32. The number of benzene rings is 1. The molecule has 0 bridgehead atoms. The average molecular weight is 513 g/mol. The molecule has 9 heteroatoms. The summed E-state index contributed by atoms with van der Waals surface area (Å²) in [5.74, 6) is -1.84. The lowest BCUT2D eigenvalue weighted by atomic mass is 10.0. The molecule has 1 unspecified atom stereocenters. The zero-order valence-electron chi connectivity index (χ0n) is 21.7. The minimum atomic E-state index is -0.772. The first kappa shape index (κ1) is 27.3. The zero-order valence-corrected chi connectivity index (χ0v) is 22.6. The van der Waals surface area contributed by atoms with Crippen molar-refractivity contribution in [1.29, 1.82) is 0 Å². The van der Waals surface area contributed by atoms with Crippen LogP contribution in [0, 0.1) is 27.7 Å². The maximum absolute atomic E-state index is 13.3. The molecule has 1 aromatic carbocycles. The summed E-state index contributed by atoms with van der Waals surface area (Å²) >= 11 is 1.34. The lowest BCUT2D eigenvalue weighted by Crippen LogP contribution is -2.26. The molecule has 3 aromatic rings. The van der Waals surface area contributed by atoms with Gasteiger partial charge in [-0.15, -0.1) is 0 Å². The largest absolute Gasteiger partial charge is 0.462 e. The van der Waals surface area contributed by atoms with Crippen LogP contribution >= 0.6 is 11.8 Å². The number of thioether (sulfide) groups is 1. The summed E-state index contributed by atoms with van der Waals surface area (Å²) in [4.78, 5) is 43.3. The summed E-state index contributed by atoms with van der Waals surface area (Å²) in [5, 5.41) is 3.98. The number of esters is 2. The minimum absolute atomic E-state index is 0.0520. The van der Waals surface area contributed by atoms with Gasteiger partial charge < -0.3 is 13.9 Å². The third-order valence-electron chi connectivity index (χ3n) is 5.64. The Morgan fingerprint density at radius 2 is 1.58 bits per heavy atom. The van der Waals surface area contributed by atoms with E-state index in [2.05, 4.69) is 24.4 Å². The van der Waals surface area contributed by atoms with Crippen LogP contribution in [0.5, 0.6) is 0 Å². The van der Waals surface area contributed by atoms with Gasteiger partial charge in [0.2, 0.25) is 11.8 Å². The monoisotopic (exact) mass is 512 g/mol. The molecule has 192 valence electrons. The summed E-state index contributed by atoms with van der Waals surface area (Å²) in [6, 6.07) is 6.17. The Bertz CT molecular complexity index is 1310. The van der Waals surface area contributed by atoms with Crippen LogP contribution in [0.1, 0.15) is 70.4 Å². The van der Waals surface area contributed by atoms with E-state index in [1.54, 1.807) is 13.8 Å². The molecule has 2 aromatic heterocycles. The Labute approximate surface area is 215 Å². The Balaban J connectivity index is 1.92. The zero-order chi connectivity index (χ0) is 26.6. The number of carbonyl (C=O) groups excluding carboxylic acids is 3. The Kier molecular flexibility index (Phi) is 8.79. The van der Waals surface area contributed by atoms with Gasteiger partial charge in [0, 0.05) is 5.39 Å². The molecule has 0 radical (unpaired) electrons. The van der Waals surface area contributed by atoms with Gasteiger partial charge in [0.25, 0.3) is 0 Å².